The lowest BCUT2D eigenvalue weighted by atomic mass is 10.0. The Kier molecular flexibility index (Phi) is 6.17. The van der Waals surface area contributed by atoms with Crippen molar-refractivity contribution in [3.05, 3.63) is 35.9 Å². The lowest BCUT2D eigenvalue weighted by Crippen LogP contribution is -2.50. The Labute approximate surface area is 148 Å². The largest absolute Gasteiger partial charge is 0.347 e. The van der Waals surface area contributed by atoms with Gasteiger partial charge in [0.15, 0.2) is 0 Å². The van der Waals surface area contributed by atoms with Crippen LogP contribution in [0, 0.1) is 0 Å². The fraction of sp³-hybridized carbons (Fsp3) is 0.526. The average molecular weight is 342 g/mol. The number of carbonyl (C=O) groups excluding carboxylic acids is 2. The Morgan fingerprint density at radius 1 is 1.28 bits per heavy atom. The van der Waals surface area contributed by atoms with Crippen molar-refractivity contribution in [1.29, 1.82) is 0 Å². The van der Waals surface area contributed by atoms with E-state index < -0.39 is 0 Å². The predicted octanol–water partition coefficient (Wildman–Crippen LogP) is 1.47. The molecule has 0 aromatic heterocycles. The second-order valence-corrected chi connectivity index (χ2v) is 6.80. The summed E-state index contributed by atoms with van der Waals surface area (Å²) in [5.74, 6) is -0.269. The first-order valence-corrected chi connectivity index (χ1v) is 9.13. The molecule has 1 atom stereocenters. The van der Waals surface area contributed by atoms with Crippen LogP contribution in [0.1, 0.15) is 37.7 Å². The molecular weight excluding hydrogens is 316 g/mol. The van der Waals surface area contributed by atoms with Crippen molar-refractivity contribution in [2.45, 2.75) is 44.6 Å². The van der Waals surface area contributed by atoms with E-state index in [2.05, 4.69) is 45.0 Å². The van der Waals surface area contributed by atoms with E-state index in [4.69, 9.17) is 0 Å². The molecule has 0 aliphatic carbocycles. The maximum atomic E-state index is 12.3. The first-order valence-electron chi connectivity index (χ1n) is 9.13. The van der Waals surface area contributed by atoms with Gasteiger partial charge in [0.05, 0.1) is 0 Å². The second-order valence-electron chi connectivity index (χ2n) is 6.80. The van der Waals surface area contributed by atoms with Crippen LogP contribution in [0.2, 0.25) is 0 Å². The maximum Gasteiger partial charge on any atom is 0.267 e. The number of likely N-dealkylation sites (tertiary alicyclic amines) is 1. The van der Waals surface area contributed by atoms with Crippen LogP contribution in [0.3, 0.4) is 0 Å². The highest BCUT2D eigenvalue weighted by molar-refractivity contribution is 6.39. The molecule has 134 valence electrons. The van der Waals surface area contributed by atoms with Gasteiger partial charge in [-0.1, -0.05) is 30.3 Å². The fourth-order valence-corrected chi connectivity index (χ4v) is 3.43. The quantitative estimate of drug-likeness (QED) is 0.822. The normalized spacial score (nSPS) is 21.4. The molecule has 2 aliphatic heterocycles. The van der Waals surface area contributed by atoms with Gasteiger partial charge >= 0.3 is 0 Å². The van der Waals surface area contributed by atoms with E-state index in [1.54, 1.807) is 0 Å². The lowest BCUT2D eigenvalue weighted by Gasteiger charge is -2.33. The van der Waals surface area contributed by atoms with Crippen LogP contribution in [-0.2, 0) is 16.0 Å². The fourth-order valence-electron chi connectivity index (χ4n) is 3.43. The molecule has 3 rings (SSSR count). The topological polar surface area (TPSA) is 73.8 Å². The molecule has 2 N–H and O–H groups in total. The molecule has 1 unspecified atom stereocenters. The van der Waals surface area contributed by atoms with Gasteiger partial charge in [0.25, 0.3) is 5.91 Å². The van der Waals surface area contributed by atoms with Gasteiger partial charge in [-0.15, -0.1) is 0 Å². The Bertz CT molecular complexity index is 630. The number of hydrazone groups is 1. The Morgan fingerprint density at radius 2 is 2.12 bits per heavy atom. The van der Waals surface area contributed by atoms with E-state index in [9.17, 15) is 9.59 Å². The van der Waals surface area contributed by atoms with Crippen LogP contribution in [0.4, 0.5) is 0 Å². The molecule has 1 aromatic carbocycles. The van der Waals surface area contributed by atoms with Crippen LogP contribution in [0.25, 0.3) is 0 Å². The molecule has 6 nitrogen and oxygen atoms in total. The van der Waals surface area contributed by atoms with Crippen molar-refractivity contribution in [2.75, 3.05) is 19.6 Å². The highest BCUT2D eigenvalue weighted by atomic mass is 16.2. The Balaban J connectivity index is 1.41. The van der Waals surface area contributed by atoms with E-state index in [0.717, 1.165) is 45.3 Å². The molecule has 0 spiro atoms. The van der Waals surface area contributed by atoms with E-state index in [1.807, 2.05) is 6.07 Å². The first kappa shape index (κ1) is 17.6. The molecule has 6 heteroatoms. The highest BCUT2D eigenvalue weighted by Crippen LogP contribution is 2.12. The third kappa shape index (κ3) is 5.39. The Morgan fingerprint density at radius 3 is 2.88 bits per heavy atom. The average Bonchev–Trinajstić information content (AvgIpc) is 2.63. The van der Waals surface area contributed by atoms with Crippen LogP contribution in [-0.4, -0.2) is 48.1 Å². The number of hydrogen-bond donors (Lipinski definition) is 2. The van der Waals surface area contributed by atoms with Crippen molar-refractivity contribution in [2.24, 2.45) is 5.10 Å². The summed E-state index contributed by atoms with van der Waals surface area (Å²) in [5, 5.41) is 6.95. The molecule has 1 fully saturated rings. The maximum absolute atomic E-state index is 12.3. The molecular formula is C19H26N4O2. The number of benzene rings is 1. The van der Waals surface area contributed by atoms with E-state index in [-0.39, 0.29) is 17.9 Å². The minimum atomic E-state index is -0.142. The van der Waals surface area contributed by atoms with Crippen molar-refractivity contribution in [3.63, 3.8) is 0 Å². The summed E-state index contributed by atoms with van der Waals surface area (Å²) >= 11 is 0. The lowest BCUT2D eigenvalue weighted by molar-refractivity contribution is -0.121. The van der Waals surface area contributed by atoms with Gasteiger partial charge < -0.3 is 10.2 Å². The highest BCUT2D eigenvalue weighted by Gasteiger charge is 2.24. The number of hydrogen-bond acceptors (Lipinski definition) is 4. The molecule has 2 aliphatic rings. The van der Waals surface area contributed by atoms with Crippen molar-refractivity contribution in [1.82, 2.24) is 15.6 Å². The van der Waals surface area contributed by atoms with Gasteiger partial charge in [-0.05, 0) is 44.3 Å². The molecule has 0 bridgehead atoms. The molecule has 0 saturated carbocycles. The number of rotatable bonds is 6. The number of carbonyl (C=O) groups is 2. The van der Waals surface area contributed by atoms with Gasteiger partial charge in [0.1, 0.15) is 5.71 Å². The number of amides is 2. The summed E-state index contributed by atoms with van der Waals surface area (Å²) in [6, 6.07) is 10.7. The number of nitrogens with one attached hydrogen (secondary N) is 2. The summed E-state index contributed by atoms with van der Waals surface area (Å²) in [6.45, 7) is 3.04. The summed E-state index contributed by atoms with van der Waals surface area (Å²) < 4.78 is 0. The molecule has 0 radical (unpaired) electrons. The third-order valence-corrected chi connectivity index (χ3v) is 4.79. The van der Waals surface area contributed by atoms with E-state index >= 15 is 0 Å². The number of piperidine rings is 1. The van der Waals surface area contributed by atoms with Crippen molar-refractivity contribution in [3.8, 4) is 0 Å². The van der Waals surface area contributed by atoms with Gasteiger partial charge in [0, 0.05) is 25.4 Å². The minimum Gasteiger partial charge on any atom is -0.347 e. The standard InChI is InChI=1S/C19H26N4O2/c24-18-11-10-17(21-22-18)19(25)20-16-9-5-13-23(14-16)12-4-8-15-6-2-1-3-7-15/h1-3,6-7,16H,4-5,8-14H2,(H,20,25)(H,22,24). The molecule has 1 saturated heterocycles. The molecule has 2 amide bonds. The smallest absolute Gasteiger partial charge is 0.267 e. The van der Waals surface area contributed by atoms with Crippen LogP contribution < -0.4 is 10.7 Å². The van der Waals surface area contributed by atoms with E-state index in [0.29, 0.717) is 18.6 Å². The second kappa shape index (κ2) is 8.76. The minimum absolute atomic E-state index is 0.126. The summed E-state index contributed by atoms with van der Waals surface area (Å²) in [7, 11) is 0. The molecule has 25 heavy (non-hydrogen) atoms. The number of nitrogens with zero attached hydrogens (tertiary/aromatic N) is 2. The van der Waals surface area contributed by atoms with Gasteiger partial charge in [-0.3, -0.25) is 9.59 Å². The van der Waals surface area contributed by atoms with Gasteiger partial charge in [-0.2, -0.15) is 5.10 Å². The van der Waals surface area contributed by atoms with Crippen LogP contribution in [0.5, 0.6) is 0 Å². The molecule has 1 aromatic rings. The Hall–Kier alpha value is -2.21. The van der Waals surface area contributed by atoms with Crippen LogP contribution >= 0.6 is 0 Å². The molecule has 2 heterocycles. The first-order chi connectivity index (χ1) is 12.2. The third-order valence-electron chi connectivity index (χ3n) is 4.79. The predicted molar refractivity (Wildman–Crippen MR) is 97.2 cm³/mol. The summed E-state index contributed by atoms with van der Waals surface area (Å²) in [5.41, 5.74) is 4.19. The summed E-state index contributed by atoms with van der Waals surface area (Å²) in [4.78, 5) is 25.8. The zero-order valence-corrected chi connectivity index (χ0v) is 14.5. The monoisotopic (exact) mass is 342 g/mol. The van der Waals surface area contributed by atoms with Gasteiger partial charge in [0.2, 0.25) is 5.91 Å². The van der Waals surface area contributed by atoms with Crippen LogP contribution in [0.15, 0.2) is 35.4 Å². The SMILES string of the molecule is O=C1CCC(C(=O)NC2CCCN(CCCc3ccccc3)C2)=NN1. The van der Waals surface area contributed by atoms with Crippen molar-refractivity contribution >= 4 is 17.5 Å². The summed E-state index contributed by atoms with van der Waals surface area (Å²) in [6.07, 6.45) is 5.07. The zero-order valence-electron chi connectivity index (χ0n) is 14.5. The number of aryl methyl sites for hydroxylation is 1. The van der Waals surface area contributed by atoms with Gasteiger partial charge in [-0.25, -0.2) is 5.43 Å². The van der Waals surface area contributed by atoms with E-state index in [1.165, 1.54) is 5.56 Å². The van der Waals surface area contributed by atoms with Crippen molar-refractivity contribution < 1.29 is 9.59 Å². The zero-order chi connectivity index (χ0) is 17.5.